The summed E-state index contributed by atoms with van der Waals surface area (Å²) in [4.78, 5) is 11.4. The van der Waals surface area contributed by atoms with Gasteiger partial charge in [0.1, 0.15) is 0 Å². The number of primary amides is 1. The standard InChI is InChI=1S/C14H13BrCl2N2O/c1-3-11(17)13(6-8(2)16)19-12-7-9(15)4-5-10(12)14(18)20/h3-7,19H,1H2,2H3,(H2,18,20)/b8-6+,13-11-. The number of benzene rings is 1. The molecule has 0 bridgehead atoms. The molecule has 6 heteroatoms. The van der Waals surface area contributed by atoms with E-state index in [9.17, 15) is 4.79 Å². The third kappa shape index (κ3) is 4.71. The van der Waals surface area contributed by atoms with Crippen LogP contribution in [-0.4, -0.2) is 5.91 Å². The molecule has 0 aliphatic carbocycles. The summed E-state index contributed by atoms with van der Waals surface area (Å²) < 4.78 is 0.797. The Morgan fingerprint density at radius 2 is 2.10 bits per heavy atom. The summed E-state index contributed by atoms with van der Waals surface area (Å²) >= 11 is 15.3. The lowest BCUT2D eigenvalue weighted by atomic mass is 10.1. The van der Waals surface area contributed by atoms with Crippen LogP contribution < -0.4 is 11.1 Å². The number of carbonyl (C=O) groups is 1. The first kappa shape index (κ1) is 16.8. The van der Waals surface area contributed by atoms with E-state index in [4.69, 9.17) is 28.9 Å². The highest BCUT2D eigenvalue weighted by Gasteiger charge is 2.10. The highest BCUT2D eigenvalue weighted by Crippen LogP contribution is 2.25. The molecule has 0 radical (unpaired) electrons. The van der Waals surface area contributed by atoms with E-state index in [1.807, 2.05) is 0 Å². The number of allylic oxidation sites excluding steroid dienone is 4. The van der Waals surface area contributed by atoms with Crippen LogP contribution in [0.1, 0.15) is 17.3 Å². The van der Waals surface area contributed by atoms with E-state index in [2.05, 4.69) is 27.8 Å². The molecule has 106 valence electrons. The van der Waals surface area contributed by atoms with Gasteiger partial charge >= 0.3 is 0 Å². The molecule has 1 amide bonds. The molecular formula is C14H13BrCl2N2O. The zero-order valence-corrected chi connectivity index (χ0v) is 13.8. The van der Waals surface area contributed by atoms with E-state index in [0.29, 0.717) is 27.0 Å². The Bertz CT molecular complexity index is 605. The van der Waals surface area contributed by atoms with Crippen molar-refractivity contribution in [1.29, 1.82) is 0 Å². The van der Waals surface area contributed by atoms with E-state index >= 15 is 0 Å². The molecule has 0 heterocycles. The molecule has 0 aromatic heterocycles. The number of nitrogens with two attached hydrogens (primary N) is 1. The molecule has 0 saturated heterocycles. The first-order valence-corrected chi connectivity index (χ1v) is 7.12. The molecule has 0 unspecified atom stereocenters. The highest BCUT2D eigenvalue weighted by molar-refractivity contribution is 9.10. The fraction of sp³-hybridized carbons (Fsp3) is 0.0714. The van der Waals surface area contributed by atoms with Gasteiger partial charge in [-0.15, -0.1) is 0 Å². The van der Waals surface area contributed by atoms with Gasteiger partial charge in [-0.2, -0.15) is 0 Å². The molecule has 0 saturated carbocycles. The Morgan fingerprint density at radius 3 is 2.60 bits per heavy atom. The summed E-state index contributed by atoms with van der Waals surface area (Å²) in [5, 5.41) is 3.94. The highest BCUT2D eigenvalue weighted by atomic mass is 79.9. The minimum atomic E-state index is -0.541. The molecule has 0 spiro atoms. The van der Waals surface area contributed by atoms with Gasteiger partial charge in [0.2, 0.25) is 0 Å². The van der Waals surface area contributed by atoms with Crippen molar-refractivity contribution in [3.8, 4) is 0 Å². The maximum absolute atomic E-state index is 11.4. The molecule has 3 N–H and O–H groups in total. The maximum atomic E-state index is 11.4. The average molecular weight is 376 g/mol. The van der Waals surface area contributed by atoms with Gasteiger partial charge in [0, 0.05) is 9.51 Å². The van der Waals surface area contributed by atoms with E-state index in [-0.39, 0.29) is 0 Å². The summed E-state index contributed by atoms with van der Waals surface area (Å²) in [5.74, 6) is -0.541. The number of amides is 1. The van der Waals surface area contributed by atoms with Crippen molar-refractivity contribution in [2.75, 3.05) is 5.32 Å². The van der Waals surface area contributed by atoms with Crippen molar-refractivity contribution < 1.29 is 4.79 Å². The lowest BCUT2D eigenvalue weighted by molar-refractivity contribution is 0.100. The van der Waals surface area contributed by atoms with Crippen molar-refractivity contribution in [3.05, 3.63) is 62.7 Å². The fourth-order valence-electron chi connectivity index (χ4n) is 1.45. The van der Waals surface area contributed by atoms with Gasteiger partial charge < -0.3 is 11.1 Å². The van der Waals surface area contributed by atoms with Crippen molar-refractivity contribution in [2.24, 2.45) is 5.73 Å². The van der Waals surface area contributed by atoms with Crippen LogP contribution in [0.2, 0.25) is 0 Å². The van der Waals surface area contributed by atoms with Gasteiger partial charge in [-0.05, 0) is 37.3 Å². The van der Waals surface area contributed by atoms with Gasteiger partial charge in [-0.25, -0.2) is 0 Å². The number of hydrogen-bond donors (Lipinski definition) is 2. The van der Waals surface area contributed by atoms with Crippen LogP contribution in [0.4, 0.5) is 5.69 Å². The lowest BCUT2D eigenvalue weighted by Crippen LogP contribution is -2.14. The fourth-order valence-corrected chi connectivity index (χ4v) is 2.03. The van der Waals surface area contributed by atoms with Crippen LogP contribution >= 0.6 is 39.1 Å². The Labute approximate surface area is 136 Å². The Kier molecular flexibility index (Phi) is 6.33. The number of anilines is 1. The SMILES string of the molecule is C=C/C(Cl)=C(\C=C(/C)Cl)Nc1cc(Br)ccc1C(N)=O. The quantitative estimate of drug-likeness (QED) is 0.730. The van der Waals surface area contributed by atoms with E-state index in [0.717, 1.165) is 4.47 Å². The van der Waals surface area contributed by atoms with Gasteiger partial charge in [-0.3, -0.25) is 4.79 Å². The van der Waals surface area contributed by atoms with Crippen molar-refractivity contribution >= 4 is 50.7 Å². The predicted octanol–water partition coefficient (Wildman–Crippen LogP) is 4.74. The van der Waals surface area contributed by atoms with Crippen LogP contribution in [0.25, 0.3) is 0 Å². The minimum absolute atomic E-state index is 0.347. The minimum Gasteiger partial charge on any atom is -0.366 e. The van der Waals surface area contributed by atoms with Crippen LogP contribution in [0.5, 0.6) is 0 Å². The first-order chi connectivity index (χ1) is 9.35. The summed E-state index contributed by atoms with van der Waals surface area (Å²) in [6, 6.07) is 5.07. The third-order valence-corrected chi connectivity index (χ3v) is 3.26. The maximum Gasteiger partial charge on any atom is 0.250 e. The smallest absolute Gasteiger partial charge is 0.250 e. The van der Waals surface area contributed by atoms with E-state index in [1.54, 1.807) is 31.2 Å². The molecule has 0 fully saturated rings. The molecule has 0 aliphatic rings. The largest absolute Gasteiger partial charge is 0.366 e. The van der Waals surface area contributed by atoms with E-state index < -0.39 is 5.91 Å². The Balaban J connectivity index is 3.31. The van der Waals surface area contributed by atoms with Crippen molar-refractivity contribution in [1.82, 2.24) is 0 Å². The first-order valence-electron chi connectivity index (χ1n) is 5.57. The molecule has 1 aromatic carbocycles. The number of nitrogens with one attached hydrogen (secondary N) is 1. The van der Waals surface area contributed by atoms with Crippen LogP contribution in [0.15, 0.2) is 57.2 Å². The van der Waals surface area contributed by atoms with Crippen LogP contribution in [-0.2, 0) is 0 Å². The lowest BCUT2D eigenvalue weighted by Gasteiger charge is -2.13. The number of rotatable bonds is 5. The molecule has 20 heavy (non-hydrogen) atoms. The predicted molar refractivity (Wildman–Crippen MR) is 89.0 cm³/mol. The Morgan fingerprint density at radius 1 is 1.45 bits per heavy atom. The summed E-state index contributed by atoms with van der Waals surface area (Å²) in [5.41, 5.74) is 6.74. The zero-order chi connectivity index (χ0) is 15.3. The topological polar surface area (TPSA) is 55.1 Å². The van der Waals surface area contributed by atoms with Gasteiger partial charge in [0.05, 0.1) is 22.0 Å². The normalized spacial score (nSPS) is 12.7. The molecule has 1 aromatic rings. The molecular weight excluding hydrogens is 363 g/mol. The second kappa shape index (κ2) is 7.53. The molecule has 0 atom stereocenters. The molecule has 3 nitrogen and oxygen atoms in total. The summed E-state index contributed by atoms with van der Waals surface area (Å²) in [6.07, 6.45) is 3.11. The molecule has 0 aliphatic heterocycles. The van der Waals surface area contributed by atoms with Crippen molar-refractivity contribution in [2.45, 2.75) is 6.92 Å². The van der Waals surface area contributed by atoms with Gasteiger partial charge in [-0.1, -0.05) is 45.7 Å². The summed E-state index contributed by atoms with van der Waals surface area (Å²) in [6.45, 7) is 5.32. The summed E-state index contributed by atoms with van der Waals surface area (Å²) in [7, 11) is 0. The number of carbonyl (C=O) groups excluding carboxylic acids is 1. The number of hydrogen-bond acceptors (Lipinski definition) is 2. The monoisotopic (exact) mass is 374 g/mol. The second-order valence-corrected chi connectivity index (χ2v) is 5.80. The van der Waals surface area contributed by atoms with Crippen molar-refractivity contribution in [3.63, 3.8) is 0 Å². The third-order valence-electron chi connectivity index (χ3n) is 2.30. The van der Waals surface area contributed by atoms with Crippen LogP contribution in [0.3, 0.4) is 0 Å². The van der Waals surface area contributed by atoms with Crippen LogP contribution in [0, 0.1) is 0 Å². The van der Waals surface area contributed by atoms with Gasteiger partial charge in [0.25, 0.3) is 5.91 Å². The molecule has 1 rings (SSSR count). The van der Waals surface area contributed by atoms with Gasteiger partial charge in [0.15, 0.2) is 0 Å². The average Bonchev–Trinajstić information content (AvgIpc) is 2.36. The van der Waals surface area contributed by atoms with E-state index in [1.165, 1.54) is 6.08 Å². The Hall–Kier alpha value is -1.23. The second-order valence-electron chi connectivity index (χ2n) is 3.88. The number of halogens is 3. The zero-order valence-electron chi connectivity index (χ0n) is 10.7.